The summed E-state index contributed by atoms with van der Waals surface area (Å²) >= 11 is 2.15. The summed E-state index contributed by atoms with van der Waals surface area (Å²) in [6.45, 7) is 2.55. The average Bonchev–Trinajstić information content (AvgIpc) is 2.53. The molecule has 2 aromatic carbocycles. The summed E-state index contributed by atoms with van der Waals surface area (Å²) in [4.78, 5) is 34.9. The van der Waals surface area contributed by atoms with Gasteiger partial charge in [-0.2, -0.15) is 0 Å². The molecule has 0 bridgehead atoms. The van der Waals surface area contributed by atoms with E-state index < -0.39 is 0 Å². The second-order valence-electron chi connectivity index (χ2n) is 5.30. The molecule has 2 aromatic rings. The highest BCUT2D eigenvalue weighted by molar-refractivity contribution is 14.1. The van der Waals surface area contributed by atoms with E-state index in [1.807, 2.05) is 18.2 Å². The molecule has 0 saturated heterocycles. The first-order valence-electron chi connectivity index (χ1n) is 7.46. The van der Waals surface area contributed by atoms with E-state index in [1.165, 1.54) is 19.9 Å². The number of hydrogen-bond acceptors (Lipinski definition) is 4. The summed E-state index contributed by atoms with van der Waals surface area (Å²) in [6.07, 6.45) is 0. The molecule has 0 radical (unpaired) electrons. The molecule has 2 rings (SSSR count). The second kappa shape index (κ2) is 8.61. The van der Waals surface area contributed by atoms with Gasteiger partial charge in [-0.15, -0.1) is 0 Å². The van der Waals surface area contributed by atoms with Gasteiger partial charge in [0.1, 0.15) is 5.75 Å². The number of Topliss-reactive ketones (excluding diaryl/α,β-unsaturated/α-hetero) is 1. The van der Waals surface area contributed by atoms with Gasteiger partial charge in [-0.05, 0) is 65.9 Å². The Morgan fingerprint density at radius 3 is 2.44 bits per heavy atom. The van der Waals surface area contributed by atoms with E-state index >= 15 is 0 Å². The zero-order chi connectivity index (χ0) is 18.4. The van der Waals surface area contributed by atoms with Crippen molar-refractivity contribution in [3.05, 3.63) is 51.6 Å². The lowest BCUT2D eigenvalue weighted by Crippen LogP contribution is -2.21. The zero-order valence-electron chi connectivity index (χ0n) is 13.8. The standard InChI is InChI=1S/C18H17IN2O4/c1-11(22)13-6-7-16(20-12(2)23)17(8-13)25-10-18(24)21-15-5-3-4-14(19)9-15/h3-9H,10H2,1-2H3,(H,20,23)(H,21,24). The summed E-state index contributed by atoms with van der Waals surface area (Å²) in [6, 6.07) is 12.0. The number of carbonyl (C=O) groups excluding carboxylic acids is 3. The van der Waals surface area contributed by atoms with Gasteiger partial charge < -0.3 is 15.4 Å². The van der Waals surface area contributed by atoms with Crippen LogP contribution in [0.4, 0.5) is 11.4 Å². The van der Waals surface area contributed by atoms with Crippen LogP contribution in [0.1, 0.15) is 24.2 Å². The average molecular weight is 452 g/mol. The lowest BCUT2D eigenvalue weighted by atomic mass is 10.1. The number of rotatable bonds is 6. The highest BCUT2D eigenvalue weighted by Gasteiger charge is 2.11. The number of halogens is 1. The van der Waals surface area contributed by atoms with Crippen molar-refractivity contribution >= 4 is 51.6 Å². The molecular weight excluding hydrogens is 435 g/mol. The normalized spacial score (nSPS) is 10.0. The number of ether oxygens (including phenoxy) is 1. The van der Waals surface area contributed by atoms with E-state index in [0.29, 0.717) is 16.9 Å². The van der Waals surface area contributed by atoms with Crippen LogP contribution in [-0.2, 0) is 9.59 Å². The lowest BCUT2D eigenvalue weighted by Gasteiger charge is -2.13. The molecule has 2 amide bonds. The Morgan fingerprint density at radius 1 is 1.04 bits per heavy atom. The highest BCUT2D eigenvalue weighted by atomic mass is 127. The Balaban J connectivity index is 2.09. The lowest BCUT2D eigenvalue weighted by molar-refractivity contribution is -0.118. The molecule has 7 heteroatoms. The number of anilines is 2. The molecule has 130 valence electrons. The summed E-state index contributed by atoms with van der Waals surface area (Å²) < 4.78 is 6.51. The van der Waals surface area contributed by atoms with E-state index in [1.54, 1.807) is 18.2 Å². The largest absolute Gasteiger partial charge is 0.482 e. The third-order valence-electron chi connectivity index (χ3n) is 3.17. The minimum atomic E-state index is -0.344. The van der Waals surface area contributed by atoms with Crippen LogP contribution in [0.5, 0.6) is 5.75 Å². The number of benzene rings is 2. The van der Waals surface area contributed by atoms with Crippen LogP contribution in [0.2, 0.25) is 0 Å². The SMILES string of the molecule is CC(=O)Nc1ccc(C(C)=O)cc1OCC(=O)Nc1cccc(I)c1. The highest BCUT2D eigenvalue weighted by Crippen LogP contribution is 2.26. The minimum absolute atomic E-state index is 0.137. The Bertz CT molecular complexity index is 820. The van der Waals surface area contributed by atoms with Gasteiger partial charge >= 0.3 is 0 Å². The number of nitrogens with one attached hydrogen (secondary N) is 2. The maximum absolute atomic E-state index is 12.1. The van der Waals surface area contributed by atoms with Gasteiger partial charge in [0.05, 0.1) is 5.69 Å². The van der Waals surface area contributed by atoms with E-state index in [-0.39, 0.29) is 30.0 Å². The van der Waals surface area contributed by atoms with Gasteiger partial charge in [-0.3, -0.25) is 14.4 Å². The van der Waals surface area contributed by atoms with Crippen LogP contribution >= 0.6 is 22.6 Å². The predicted molar refractivity (Wildman–Crippen MR) is 104 cm³/mol. The van der Waals surface area contributed by atoms with E-state index in [4.69, 9.17) is 4.74 Å². The smallest absolute Gasteiger partial charge is 0.262 e. The summed E-state index contributed by atoms with van der Waals surface area (Å²) in [5.74, 6) is -0.490. The number of ketones is 1. The van der Waals surface area contributed by atoms with Crippen LogP contribution in [0.15, 0.2) is 42.5 Å². The Kier molecular flexibility index (Phi) is 6.51. The third kappa shape index (κ3) is 5.86. The Labute approximate surface area is 159 Å². The molecule has 25 heavy (non-hydrogen) atoms. The maximum Gasteiger partial charge on any atom is 0.262 e. The molecule has 0 atom stereocenters. The van der Waals surface area contributed by atoms with E-state index in [2.05, 4.69) is 33.2 Å². The molecule has 0 aliphatic heterocycles. The molecule has 0 heterocycles. The Morgan fingerprint density at radius 2 is 1.80 bits per heavy atom. The van der Waals surface area contributed by atoms with E-state index in [0.717, 1.165) is 3.57 Å². The molecule has 2 N–H and O–H groups in total. The number of hydrogen-bond donors (Lipinski definition) is 2. The van der Waals surface area contributed by atoms with Gasteiger partial charge in [-0.1, -0.05) is 6.07 Å². The first-order chi connectivity index (χ1) is 11.8. The predicted octanol–water partition coefficient (Wildman–Crippen LogP) is 3.47. The quantitative estimate of drug-likeness (QED) is 0.520. The van der Waals surface area contributed by atoms with Crippen LogP contribution < -0.4 is 15.4 Å². The fourth-order valence-electron chi connectivity index (χ4n) is 2.06. The molecule has 0 aliphatic rings. The third-order valence-corrected chi connectivity index (χ3v) is 3.84. The van der Waals surface area contributed by atoms with Crippen LogP contribution in [0.25, 0.3) is 0 Å². The molecule has 0 aliphatic carbocycles. The first kappa shape index (κ1) is 18.9. The summed E-state index contributed by atoms with van der Waals surface area (Å²) in [7, 11) is 0. The van der Waals surface area contributed by atoms with Gasteiger partial charge in [0.2, 0.25) is 5.91 Å². The summed E-state index contributed by atoms with van der Waals surface area (Å²) in [5.41, 5.74) is 1.50. The van der Waals surface area contributed by atoms with Crippen molar-refractivity contribution in [3.8, 4) is 5.75 Å². The fourth-order valence-corrected chi connectivity index (χ4v) is 2.60. The molecule has 0 aromatic heterocycles. The molecule has 0 fully saturated rings. The van der Waals surface area contributed by atoms with Crippen LogP contribution in [0.3, 0.4) is 0 Å². The van der Waals surface area contributed by atoms with Crippen LogP contribution in [0, 0.1) is 3.57 Å². The number of amides is 2. The minimum Gasteiger partial charge on any atom is -0.482 e. The summed E-state index contributed by atoms with van der Waals surface area (Å²) in [5, 5.41) is 5.34. The maximum atomic E-state index is 12.1. The van der Waals surface area contributed by atoms with Crippen molar-refractivity contribution in [2.24, 2.45) is 0 Å². The molecule has 0 spiro atoms. The van der Waals surface area contributed by atoms with Crippen molar-refractivity contribution in [2.75, 3.05) is 17.2 Å². The van der Waals surface area contributed by atoms with Crippen LogP contribution in [-0.4, -0.2) is 24.2 Å². The van der Waals surface area contributed by atoms with Crippen molar-refractivity contribution in [1.82, 2.24) is 0 Å². The molecule has 6 nitrogen and oxygen atoms in total. The van der Waals surface area contributed by atoms with Gasteiger partial charge in [0.15, 0.2) is 12.4 Å². The van der Waals surface area contributed by atoms with Crippen molar-refractivity contribution in [1.29, 1.82) is 0 Å². The van der Waals surface area contributed by atoms with Gasteiger partial charge in [0.25, 0.3) is 5.91 Å². The fraction of sp³-hybridized carbons (Fsp3) is 0.167. The second-order valence-corrected chi connectivity index (χ2v) is 6.54. The molecule has 0 saturated carbocycles. The zero-order valence-corrected chi connectivity index (χ0v) is 15.9. The van der Waals surface area contributed by atoms with Crippen molar-refractivity contribution in [3.63, 3.8) is 0 Å². The Hall–Kier alpha value is -2.42. The van der Waals surface area contributed by atoms with Gasteiger partial charge in [-0.25, -0.2) is 0 Å². The topological polar surface area (TPSA) is 84.5 Å². The monoisotopic (exact) mass is 452 g/mol. The molecule has 0 unspecified atom stereocenters. The van der Waals surface area contributed by atoms with Gasteiger partial charge in [0, 0.05) is 21.7 Å². The van der Waals surface area contributed by atoms with E-state index in [9.17, 15) is 14.4 Å². The molecular formula is C18H17IN2O4. The first-order valence-corrected chi connectivity index (χ1v) is 8.54. The number of carbonyl (C=O) groups is 3. The van der Waals surface area contributed by atoms with Crippen molar-refractivity contribution < 1.29 is 19.1 Å². The van der Waals surface area contributed by atoms with Crippen molar-refractivity contribution in [2.45, 2.75) is 13.8 Å².